The normalized spacial score (nSPS) is 21.2. The molecule has 0 bridgehead atoms. The fourth-order valence-corrected chi connectivity index (χ4v) is 4.56. The fourth-order valence-electron chi connectivity index (χ4n) is 4.56. The highest BCUT2D eigenvalue weighted by Crippen LogP contribution is 2.30. The van der Waals surface area contributed by atoms with Crippen molar-refractivity contribution >= 4 is 23.6 Å². The van der Waals surface area contributed by atoms with Gasteiger partial charge >= 0.3 is 6.09 Å². The van der Waals surface area contributed by atoms with Crippen molar-refractivity contribution in [2.75, 3.05) is 37.6 Å². The number of carbonyl (C=O) groups excluding carboxylic acids is 3. The van der Waals surface area contributed by atoms with Gasteiger partial charge in [0, 0.05) is 31.4 Å². The minimum atomic E-state index is -0.551. The maximum atomic E-state index is 13.2. The number of para-hydroxylation sites is 1. The van der Waals surface area contributed by atoms with Crippen molar-refractivity contribution < 1.29 is 19.1 Å². The number of piperidine rings is 1. The van der Waals surface area contributed by atoms with E-state index in [0.29, 0.717) is 26.2 Å². The number of aryl methyl sites for hydroxylation is 1. The van der Waals surface area contributed by atoms with E-state index in [1.807, 2.05) is 23.1 Å². The molecule has 0 spiro atoms. The van der Waals surface area contributed by atoms with E-state index in [1.165, 1.54) is 5.56 Å². The molecule has 182 valence electrons. The first kappa shape index (κ1) is 25.0. The molecule has 0 saturated carbocycles. The van der Waals surface area contributed by atoms with Crippen LogP contribution in [0.4, 0.5) is 10.5 Å². The number of fused-ring (bicyclic) bond motifs is 1. The van der Waals surface area contributed by atoms with Crippen LogP contribution in [-0.4, -0.2) is 67.2 Å². The number of anilines is 1. The quantitative estimate of drug-likeness (QED) is 0.640. The Morgan fingerprint density at radius 1 is 1.09 bits per heavy atom. The predicted octanol–water partition coefficient (Wildman–Crippen LogP) is 2.71. The summed E-state index contributed by atoms with van der Waals surface area (Å²) in [6, 6.07) is 8.31. The van der Waals surface area contributed by atoms with Gasteiger partial charge in [0.15, 0.2) is 0 Å². The molecule has 3 amide bonds. The average Bonchev–Trinajstić information content (AvgIpc) is 2.75. The number of carbonyl (C=O) groups is 3. The van der Waals surface area contributed by atoms with Gasteiger partial charge in [0.25, 0.3) is 0 Å². The number of benzene rings is 1. The Bertz CT molecular complexity index is 851. The maximum Gasteiger partial charge on any atom is 0.407 e. The van der Waals surface area contributed by atoms with Crippen LogP contribution >= 0.6 is 0 Å². The first-order valence-corrected chi connectivity index (χ1v) is 12.0. The van der Waals surface area contributed by atoms with Crippen molar-refractivity contribution in [1.29, 1.82) is 0 Å². The minimum Gasteiger partial charge on any atom is -0.444 e. The second-order valence-electron chi connectivity index (χ2n) is 10.1. The molecule has 0 radical (unpaired) electrons. The van der Waals surface area contributed by atoms with Crippen molar-refractivity contribution in [1.82, 2.24) is 15.5 Å². The number of nitrogens with one attached hydrogen (secondary N) is 2. The summed E-state index contributed by atoms with van der Waals surface area (Å²) in [7, 11) is 0. The van der Waals surface area contributed by atoms with Gasteiger partial charge in [-0.25, -0.2) is 4.79 Å². The summed E-state index contributed by atoms with van der Waals surface area (Å²) in [5, 5.41) is 5.54. The molecule has 1 aromatic carbocycles. The van der Waals surface area contributed by atoms with Gasteiger partial charge < -0.3 is 20.3 Å². The van der Waals surface area contributed by atoms with Crippen molar-refractivity contribution in [2.24, 2.45) is 5.92 Å². The van der Waals surface area contributed by atoms with Crippen LogP contribution < -0.4 is 15.5 Å². The standard InChI is InChI=1S/C25H38N4O4/c1-18-11-12-19-8-5-6-10-21(19)29(18)22(30)17-28-15-7-9-20(16-28)23(31)26-13-14-27-24(32)33-25(2,3)4/h5-6,8,10,18,20H,7,9,11-17H2,1-4H3,(H,26,31)(H,27,32). The van der Waals surface area contributed by atoms with Crippen LogP contribution in [-0.2, 0) is 20.7 Å². The monoisotopic (exact) mass is 458 g/mol. The van der Waals surface area contributed by atoms with E-state index in [9.17, 15) is 14.4 Å². The van der Waals surface area contributed by atoms with Crippen LogP contribution in [0.5, 0.6) is 0 Å². The van der Waals surface area contributed by atoms with Gasteiger partial charge in [-0.1, -0.05) is 18.2 Å². The summed E-state index contributed by atoms with van der Waals surface area (Å²) in [5.74, 6) is -0.0914. The highest BCUT2D eigenvalue weighted by molar-refractivity contribution is 5.96. The van der Waals surface area contributed by atoms with Crippen LogP contribution in [0, 0.1) is 5.92 Å². The lowest BCUT2D eigenvalue weighted by Gasteiger charge is -2.38. The molecule has 0 aromatic heterocycles. The molecule has 1 saturated heterocycles. The molecule has 2 aliphatic heterocycles. The largest absolute Gasteiger partial charge is 0.444 e. The molecule has 2 N–H and O–H groups in total. The Kier molecular flexibility index (Phi) is 8.35. The molecule has 2 unspecified atom stereocenters. The number of ether oxygens (including phenoxy) is 1. The van der Waals surface area contributed by atoms with E-state index in [2.05, 4.69) is 28.5 Å². The van der Waals surface area contributed by atoms with Crippen LogP contribution in [0.2, 0.25) is 0 Å². The molecule has 2 aliphatic rings. The molecule has 0 aliphatic carbocycles. The number of likely N-dealkylation sites (tertiary alicyclic amines) is 1. The Morgan fingerprint density at radius 2 is 1.82 bits per heavy atom. The van der Waals surface area contributed by atoms with Crippen molar-refractivity contribution in [2.45, 2.75) is 65.0 Å². The summed E-state index contributed by atoms with van der Waals surface area (Å²) >= 11 is 0. The SMILES string of the molecule is CC1CCc2ccccc2N1C(=O)CN1CCCC(C(=O)NCCNC(=O)OC(C)(C)C)C1. The van der Waals surface area contributed by atoms with E-state index in [4.69, 9.17) is 4.74 Å². The van der Waals surface area contributed by atoms with E-state index in [1.54, 1.807) is 20.8 Å². The van der Waals surface area contributed by atoms with Crippen molar-refractivity contribution in [3.05, 3.63) is 29.8 Å². The fraction of sp³-hybridized carbons (Fsp3) is 0.640. The summed E-state index contributed by atoms with van der Waals surface area (Å²) in [6.45, 7) is 9.88. The first-order chi connectivity index (χ1) is 15.6. The number of hydrogen-bond donors (Lipinski definition) is 2. The molecule has 3 rings (SSSR count). The van der Waals surface area contributed by atoms with Gasteiger partial charge in [-0.3, -0.25) is 14.5 Å². The highest BCUT2D eigenvalue weighted by atomic mass is 16.6. The third-order valence-electron chi connectivity index (χ3n) is 6.12. The third kappa shape index (κ3) is 7.19. The lowest BCUT2D eigenvalue weighted by molar-refractivity contribution is -0.128. The van der Waals surface area contributed by atoms with Gasteiger partial charge in [-0.2, -0.15) is 0 Å². The van der Waals surface area contributed by atoms with E-state index in [-0.39, 0.29) is 23.8 Å². The van der Waals surface area contributed by atoms with Crippen LogP contribution in [0.15, 0.2) is 24.3 Å². The van der Waals surface area contributed by atoms with E-state index in [0.717, 1.165) is 37.9 Å². The average molecular weight is 459 g/mol. The lowest BCUT2D eigenvalue weighted by atomic mass is 9.95. The number of nitrogens with zero attached hydrogens (tertiary/aromatic N) is 2. The van der Waals surface area contributed by atoms with Gasteiger partial charge in [-0.05, 0) is 71.6 Å². The number of rotatable bonds is 6. The van der Waals surface area contributed by atoms with Gasteiger partial charge in [-0.15, -0.1) is 0 Å². The van der Waals surface area contributed by atoms with Gasteiger partial charge in [0.05, 0.1) is 12.5 Å². The molecule has 1 fully saturated rings. The third-order valence-corrected chi connectivity index (χ3v) is 6.12. The Morgan fingerprint density at radius 3 is 2.58 bits per heavy atom. The number of amides is 3. The lowest BCUT2D eigenvalue weighted by Crippen LogP contribution is -2.50. The molecule has 2 heterocycles. The topological polar surface area (TPSA) is 91.0 Å². The molecule has 1 aromatic rings. The predicted molar refractivity (Wildman–Crippen MR) is 128 cm³/mol. The Balaban J connectivity index is 1.46. The van der Waals surface area contributed by atoms with Crippen LogP contribution in [0.3, 0.4) is 0 Å². The number of hydrogen-bond acceptors (Lipinski definition) is 5. The van der Waals surface area contributed by atoms with Crippen molar-refractivity contribution in [3.63, 3.8) is 0 Å². The summed E-state index contributed by atoms with van der Waals surface area (Å²) in [4.78, 5) is 41.6. The smallest absolute Gasteiger partial charge is 0.407 e. The Labute approximate surface area is 197 Å². The zero-order valence-electron chi connectivity index (χ0n) is 20.4. The van der Waals surface area contributed by atoms with Crippen LogP contribution in [0.1, 0.15) is 52.5 Å². The first-order valence-electron chi connectivity index (χ1n) is 12.0. The molecule has 2 atom stereocenters. The van der Waals surface area contributed by atoms with E-state index < -0.39 is 11.7 Å². The van der Waals surface area contributed by atoms with Crippen LogP contribution in [0.25, 0.3) is 0 Å². The molecule has 8 nitrogen and oxygen atoms in total. The minimum absolute atomic E-state index is 0.0326. The van der Waals surface area contributed by atoms with E-state index >= 15 is 0 Å². The maximum absolute atomic E-state index is 13.2. The van der Waals surface area contributed by atoms with Gasteiger partial charge in [0.2, 0.25) is 11.8 Å². The Hall–Kier alpha value is -2.61. The second-order valence-corrected chi connectivity index (χ2v) is 10.1. The van der Waals surface area contributed by atoms with Gasteiger partial charge in [0.1, 0.15) is 5.60 Å². The summed E-state index contributed by atoms with van der Waals surface area (Å²) in [5.41, 5.74) is 1.69. The summed E-state index contributed by atoms with van der Waals surface area (Å²) < 4.78 is 5.19. The zero-order chi connectivity index (χ0) is 24.0. The molecular formula is C25H38N4O4. The second kappa shape index (κ2) is 11.0. The molecular weight excluding hydrogens is 420 g/mol. The zero-order valence-corrected chi connectivity index (χ0v) is 20.4. The van der Waals surface area contributed by atoms with Crippen molar-refractivity contribution in [3.8, 4) is 0 Å². The molecule has 8 heteroatoms. The molecule has 33 heavy (non-hydrogen) atoms. The highest BCUT2D eigenvalue weighted by Gasteiger charge is 2.31. The summed E-state index contributed by atoms with van der Waals surface area (Å²) in [6.07, 6.45) is 3.15. The number of alkyl carbamates (subject to hydrolysis) is 1.